The minimum absolute atomic E-state index is 0.443. The number of hydrogen-bond acceptors (Lipinski definition) is 1. The van der Waals surface area contributed by atoms with E-state index in [1.54, 1.807) is 0 Å². The molecule has 0 aliphatic heterocycles. The summed E-state index contributed by atoms with van der Waals surface area (Å²) < 4.78 is 5.99. The van der Waals surface area contributed by atoms with Crippen LogP contribution in [0, 0.1) is 28.6 Å². The topological polar surface area (TPSA) is 9.23 Å². The number of fused-ring (bicyclic) bond motifs is 1. The van der Waals surface area contributed by atoms with Crippen molar-refractivity contribution >= 4 is 0 Å². The molecule has 0 N–H and O–H groups in total. The molecule has 0 heterocycles. The van der Waals surface area contributed by atoms with E-state index in [0.717, 1.165) is 24.4 Å². The molecule has 3 aliphatic carbocycles. The molecule has 1 nitrogen and oxygen atoms in total. The Balaban J connectivity index is 1.89. The van der Waals surface area contributed by atoms with Crippen molar-refractivity contribution in [1.29, 1.82) is 0 Å². The zero-order valence-corrected chi connectivity index (χ0v) is 12.0. The molecule has 0 aromatic rings. The predicted molar refractivity (Wildman–Crippen MR) is 70.9 cm³/mol. The lowest BCUT2D eigenvalue weighted by Crippen LogP contribution is -2.39. The van der Waals surface area contributed by atoms with Crippen molar-refractivity contribution in [2.45, 2.75) is 65.9 Å². The Kier molecular flexibility index (Phi) is 2.63. The molecule has 1 spiro atoms. The molecule has 2 bridgehead atoms. The molecule has 3 aliphatic rings. The summed E-state index contributed by atoms with van der Waals surface area (Å²) in [6.07, 6.45) is 7.90. The Bertz CT molecular complexity index is 313. The van der Waals surface area contributed by atoms with Crippen LogP contribution in [0.3, 0.4) is 0 Å². The third kappa shape index (κ3) is 1.41. The monoisotopic (exact) mass is 236 g/mol. The second-order valence-corrected chi connectivity index (χ2v) is 7.34. The second-order valence-electron chi connectivity index (χ2n) is 7.34. The van der Waals surface area contributed by atoms with Gasteiger partial charge in [0.05, 0.1) is 6.10 Å². The van der Waals surface area contributed by atoms with Crippen LogP contribution in [0.2, 0.25) is 0 Å². The lowest BCUT2D eigenvalue weighted by atomic mass is 9.66. The average molecular weight is 236 g/mol. The van der Waals surface area contributed by atoms with Gasteiger partial charge >= 0.3 is 0 Å². The van der Waals surface area contributed by atoms with E-state index in [1.807, 2.05) is 0 Å². The molecule has 17 heavy (non-hydrogen) atoms. The first-order valence-corrected chi connectivity index (χ1v) is 7.64. The van der Waals surface area contributed by atoms with E-state index in [1.165, 1.54) is 32.1 Å². The van der Waals surface area contributed by atoms with Gasteiger partial charge in [-0.05, 0) is 74.5 Å². The highest BCUT2D eigenvalue weighted by molar-refractivity contribution is 5.15. The van der Waals surface area contributed by atoms with Crippen molar-refractivity contribution in [3.8, 4) is 0 Å². The zero-order valence-electron chi connectivity index (χ0n) is 12.0. The van der Waals surface area contributed by atoms with E-state index < -0.39 is 0 Å². The first-order chi connectivity index (χ1) is 8.03. The van der Waals surface area contributed by atoms with Gasteiger partial charge in [0.25, 0.3) is 0 Å². The normalized spacial score (nSPS) is 54.0. The maximum Gasteiger partial charge on any atom is 0.0603 e. The van der Waals surface area contributed by atoms with E-state index in [2.05, 4.69) is 27.7 Å². The third-order valence-electron chi connectivity index (χ3n) is 6.82. The van der Waals surface area contributed by atoms with Crippen molar-refractivity contribution in [2.24, 2.45) is 28.6 Å². The van der Waals surface area contributed by atoms with Crippen molar-refractivity contribution in [1.82, 2.24) is 0 Å². The van der Waals surface area contributed by atoms with Gasteiger partial charge in [-0.2, -0.15) is 0 Å². The van der Waals surface area contributed by atoms with Gasteiger partial charge in [-0.1, -0.05) is 13.8 Å². The van der Waals surface area contributed by atoms with Crippen LogP contribution in [0.5, 0.6) is 0 Å². The van der Waals surface area contributed by atoms with Crippen LogP contribution in [0.1, 0.15) is 59.8 Å². The van der Waals surface area contributed by atoms with E-state index >= 15 is 0 Å². The summed E-state index contributed by atoms with van der Waals surface area (Å²) in [5.74, 6) is 2.93. The molecule has 3 rings (SSSR count). The lowest BCUT2D eigenvalue weighted by Gasteiger charge is -2.42. The standard InChI is InChI=1S/C16H28O/c1-5-17-12(3)15(4)9-11(2)16-7-6-13(10-16)8-14(15)16/h11-14H,5-10H2,1-4H3. The molecule has 0 aromatic heterocycles. The molecule has 6 unspecified atom stereocenters. The molecule has 0 saturated heterocycles. The van der Waals surface area contributed by atoms with Gasteiger partial charge in [0.2, 0.25) is 0 Å². The largest absolute Gasteiger partial charge is 0.378 e. The molecule has 3 fully saturated rings. The summed E-state index contributed by atoms with van der Waals surface area (Å²) in [6.45, 7) is 10.4. The summed E-state index contributed by atoms with van der Waals surface area (Å²) >= 11 is 0. The number of rotatable bonds is 3. The number of hydrogen-bond donors (Lipinski definition) is 0. The van der Waals surface area contributed by atoms with Gasteiger partial charge in [-0.25, -0.2) is 0 Å². The fraction of sp³-hybridized carbons (Fsp3) is 1.00. The highest BCUT2D eigenvalue weighted by Crippen LogP contribution is 2.73. The third-order valence-corrected chi connectivity index (χ3v) is 6.82. The van der Waals surface area contributed by atoms with Crippen molar-refractivity contribution in [3.63, 3.8) is 0 Å². The highest BCUT2D eigenvalue weighted by atomic mass is 16.5. The van der Waals surface area contributed by atoms with Crippen molar-refractivity contribution in [3.05, 3.63) is 0 Å². The molecule has 1 heteroatoms. The highest BCUT2D eigenvalue weighted by Gasteiger charge is 2.66. The predicted octanol–water partition coefficient (Wildman–Crippen LogP) is 4.26. The quantitative estimate of drug-likeness (QED) is 0.711. The summed E-state index contributed by atoms with van der Waals surface area (Å²) in [5.41, 5.74) is 1.16. The molecule has 3 saturated carbocycles. The molecule has 98 valence electrons. The first-order valence-electron chi connectivity index (χ1n) is 7.64. The van der Waals surface area contributed by atoms with Crippen LogP contribution in [0.4, 0.5) is 0 Å². The smallest absolute Gasteiger partial charge is 0.0603 e. The molecule has 0 amide bonds. The van der Waals surface area contributed by atoms with Gasteiger partial charge in [0, 0.05) is 6.61 Å². The number of ether oxygens (including phenoxy) is 1. The molecular formula is C16H28O. The Morgan fingerprint density at radius 1 is 1.35 bits per heavy atom. The van der Waals surface area contributed by atoms with Crippen LogP contribution in [-0.4, -0.2) is 12.7 Å². The average Bonchev–Trinajstić information content (AvgIpc) is 2.92. The fourth-order valence-corrected chi connectivity index (χ4v) is 5.91. The van der Waals surface area contributed by atoms with Gasteiger partial charge in [-0.15, -0.1) is 0 Å². The van der Waals surface area contributed by atoms with Crippen LogP contribution in [0.15, 0.2) is 0 Å². The summed E-state index contributed by atoms with van der Waals surface area (Å²) in [5, 5.41) is 0. The van der Waals surface area contributed by atoms with Crippen LogP contribution in [0.25, 0.3) is 0 Å². The Morgan fingerprint density at radius 2 is 2.12 bits per heavy atom. The lowest BCUT2D eigenvalue weighted by molar-refractivity contribution is -0.0496. The van der Waals surface area contributed by atoms with Gasteiger partial charge in [-0.3, -0.25) is 0 Å². The van der Waals surface area contributed by atoms with Gasteiger partial charge in [0.1, 0.15) is 0 Å². The van der Waals surface area contributed by atoms with E-state index in [4.69, 9.17) is 4.74 Å². The van der Waals surface area contributed by atoms with E-state index in [-0.39, 0.29) is 0 Å². The summed E-state index contributed by atoms with van der Waals surface area (Å²) in [7, 11) is 0. The van der Waals surface area contributed by atoms with Gasteiger partial charge < -0.3 is 4.74 Å². The van der Waals surface area contributed by atoms with Crippen LogP contribution in [-0.2, 0) is 4.74 Å². The second kappa shape index (κ2) is 3.73. The Hall–Kier alpha value is -0.0400. The van der Waals surface area contributed by atoms with E-state index in [9.17, 15) is 0 Å². The van der Waals surface area contributed by atoms with Crippen molar-refractivity contribution in [2.75, 3.05) is 6.61 Å². The van der Waals surface area contributed by atoms with Crippen molar-refractivity contribution < 1.29 is 4.74 Å². The molecule has 0 aromatic carbocycles. The Labute approximate surface area is 106 Å². The maximum atomic E-state index is 5.99. The van der Waals surface area contributed by atoms with Crippen LogP contribution < -0.4 is 0 Å². The molecule has 6 atom stereocenters. The zero-order chi connectivity index (χ0) is 12.3. The van der Waals surface area contributed by atoms with Gasteiger partial charge in [0.15, 0.2) is 0 Å². The SMILES string of the molecule is CCOC(C)C1(C)CC(C)C23CCC(CC12)C3. The Morgan fingerprint density at radius 3 is 2.76 bits per heavy atom. The van der Waals surface area contributed by atoms with Crippen LogP contribution >= 0.6 is 0 Å². The summed E-state index contributed by atoms with van der Waals surface area (Å²) in [4.78, 5) is 0. The fourth-order valence-electron chi connectivity index (χ4n) is 5.91. The molecular weight excluding hydrogens is 208 g/mol. The minimum atomic E-state index is 0.443. The van der Waals surface area contributed by atoms with E-state index in [0.29, 0.717) is 16.9 Å². The summed E-state index contributed by atoms with van der Waals surface area (Å²) in [6, 6.07) is 0. The molecule has 0 radical (unpaired) electrons. The maximum absolute atomic E-state index is 5.99. The minimum Gasteiger partial charge on any atom is -0.378 e. The first kappa shape index (κ1) is 12.0.